The fourth-order valence-corrected chi connectivity index (χ4v) is 4.18. The van der Waals surface area contributed by atoms with Gasteiger partial charge in [-0.1, -0.05) is 6.07 Å². The number of carbonyl (C=O) groups is 2. The zero-order chi connectivity index (χ0) is 23.8. The highest BCUT2D eigenvalue weighted by Crippen LogP contribution is 2.40. The summed E-state index contributed by atoms with van der Waals surface area (Å²) in [6, 6.07) is 12.6. The van der Waals surface area contributed by atoms with E-state index < -0.39 is 5.92 Å². The quantitative estimate of drug-likeness (QED) is 0.554. The molecule has 1 fully saturated rings. The number of hydrogen-bond acceptors (Lipinski definition) is 6. The highest BCUT2D eigenvalue weighted by atomic mass is 16.5. The van der Waals surface area contributed by atoms with E-state index in [2.05, 4.69) is 5.32 Å². The smallest absolute Gasteiger partial charge is 0.254 e. The van der Waals surface area contributed by atoms with Crippen molar-refractivity contribution in [3.05, 3.63) is 53.6 Å². The van der Waals surface area contributed by atoms with E-state index in [9.17, 15) is 9.59 Å². The van der Waals surface area contributed by atoms with Gasteiger partial charge in [0.05, 0.1) is 27.2 Å². The zero-order valence-corrected chi connectivity index (χ0v) is 19.6. The molecule has 2 aromatic rings. The van der Waals surface area contributed by atoms with Crippen molar-refractivity contribution >= 4 is 11.8 Å². The third kappa shape index (κ3) is 5.76. The maximum Gasteiger partial charge on any atom is 0.254 e. The molecule has 1 aliphatic rings. The van der Waals surface area contributed by atoms with Gasteiger partial charge < -0.3 is 29.2 Å². The Hall–Kier alpha value is -3.26. The molecule has 8 nitrogen and oxygen atoms in total. The van der Waals surface area contributed by atoms with E-state index >= 15 is 0 Å². The van der Waals surface area contributed by atoms with Crippen molar-refractivity contribution in [2.75, 3.05) is 54.7 Å². The number of methoxy groups -OCH3 is 4. The van der Waals surface area contributed by atoms with Crippen molar-refractivity contribution in [3.63, 3.8) is 0 Å². The van der Waals surface area contributed by atoms with Gasteiger partial charge in [0.25, 0.3) is 5.91 Å². The molecule has 33 heavy (non-hydrogen) atoms. The molecule has 1 aliphatic heterocycles. The Labute approximate surface area is 194 Å². The average molecular weight is 457 g/mol. The summed E-state index contributed by atoms with van der Waals surface area (Å²) in [6.45, 7) is 1.76. The molecule has 0 bridgehead atoms. The highest BCUT2D eigenvalue weighted by molar-refractivity contribution is 5.95. The molecule has 1 saturated heterocycles. The van der Waals surface area contributed by atoms with Crippen LogP contribution in [0.3, 0.4) is 0 Å². The number of likely N-dealkylation sites (tertiary alicyclic amines) is 1. The first-order valence-electron chi connectivity index (χ1n) is 10.9. The van der Waals surface area contributed by atoms with E-state index in [0.29, 0.717) is 55.5 Å². The minimum absolute atomic E-state index is 0.0954. The van der Waals surface area contributed by atoms with Crippen LogP contribution in [0.1, 0.15) is 28.3 Å². The molecular weight excluding hydrogens is 424 g/mol. The Balaban J connectivity index is 1.89. The van der Waals surface area contributed by atoms with E-state index in [0.717, 1.165) is 5.56 Å². The summed E-state index contributed by atoms with van der Waals surface area (Å²) >= 11 is 0. The number of amides is 2. The lowest BCUT2D eigenvalue weighted by molar-refractivity contribution is -0.125. The number of ether oxygens (including phenoxy) is 4. The number of benzene rings is 2. The standard InChI is InChI=1S/C25H32N2O6/c1-30-12-6-11-26-24(28)22-16-27(25(29)17-7-5-8-18(13-17)31-2)15-21(22)20-14-19(32-3)9-10-23(20)33-4/h5,7-10,13-14,21-22H,6,11-12,15-16H2,1-4H3,(H,26,28)/t21-,22+/m1/s1. The van der Waals surface area contributed by atoms with Gasteiger partial charge in [0.15, 0.2) is 0 Å². The Bertz CT molecular complexity index is 964. The number of nitrogens with one attached hydrogen (secondary N) is 1. The van der Waals surface area contributed by atoms with Crippen LogP contribution in [0.25, 0.3) is 0 Å². The van der Waals surface area contributed by atoms with Crippen molar-refractivity contribution < 1.29 is 28.5 Å². The molecule has 0 saturated carbocycles. The molecule has 0 unspecified atom stereocenters. The van der Waals surface area contributed by atoms with Gasteiger partial charge in [0.2, 0.25) is 5.91 Å². The SMILES string of the molecule is COCCCNC(=O)[C@H]1CN(C(=O)c2cccc(OC)c2)C[C@@H]1c1cc(OC)ccc1OC. The van der Waals surface area contributed by atoms with Crippen LogP contribution in [0.4, 0.5) is 0 Å². The second-order valence-electron chi connectivity index (χ2n) is 7.90. The molecule has 0 spiro atoms. The third-order valence-corrected chi connectivity index (χ3v) is 5.92. The monoisotopic (exact) mass is 456 g/mol. The summed E-state index contributed by atoms with van der Waals surface area (Å²) in [5, 5.41) is 2.99. The molecule has 2 amide bonds. The van der Waals surface area contributed by atoms with Gasteiger partial charge in [-0.15, -0.1) is 0 Å². The van der Waals surface area contributed by atoms with Crippen molar-refractivity contribution in [1.29, 1.82) is 0 Å². The van der Waals surface area contributed by atoms with Gasteiger partial charge in [-0.25, -0.2) is 0 Å². The van der Waals surface area contributed by atoms with Gasteiger partial charge in [0.1, 0.15) is 17.2 Å². The Morgan fingerprint density at radius 2 is 1.73 bits per heavy atom. The predicted molar refractivity (Wildman–Crippen MR) is 124 cm³/mol. The van der Waals surface area contributed by atoms with Crippen LogP contribution in [0, 0.1) is 5.92 Å². The Kier molecular flexibility index (Phi) is 8.54. The van der Waals surface area contributed by atoms with Crippen LogP contribution in [-0.4, -0.2) is 71.4 Å². The second kappa shape index (κ2) is 11.6. The van der Waals surface area contributed by atoms with Crippen LogP contribution in [0.5, 0.6) is 17.2 Å². The minimum atomic E-state index is -0.428. The number of nitrogens with zero attached hydrogens (tertiary/aromatic N) is 1. The van der Waals surface area contributed by atoms with E-state index in [1.807, 2.05) is 18.2 Å². The van der Waals surface area contributed by atoms with Crippen molar-refractivity contribution in [3.8, 4) is 17.2 Å². The second-order valence-corrected chi connectivity index (χ2v) is 7.90. The summed E-state index contributed by atoms with van der Waals surface area (Å²) in [4.78, 5) is 28.2. The number of carbonyl (C=O) groups excluding carboxylic acids is 2. The number of hydrogen-bond donors (Lipinski definition) is 1. The summed E-state index contributed by atoms with van der Waals surface area (Å²) in [7, 11) is 6.39. The lowest BCUT2D eigenvalue weighted by atomic mass is 9.87. The fourth-order valence-electron chi connectivity index (χ4n) is 4.18. The molecule has 0 aromatic heterocycles. The zero-order valence-electron chi connectivity index (χ0n) is 19.6. The molecular formula is C25H32N2O6. The predicted octanol–water partition coefficient (Wildman–Crippen LogP) is 2.72. The maximum absolute atomic E-state index is 13.3. The summed E-state index contributed by atoms with van der Waals surface area (Å²) in [5.41, 5.74) is 1.36. The fraction of sp³-hybridized carbons (Fsp3) is 0.440. The van der Waals surface area contributed by atoms with Crippen molar-refractivity contribution in [1.82, 2.24) is 10.2 Å². The van der Waals surface area contributed by atoms with Gasteiger partial charge >= 0.3 is 0 Å². The molecule has 3 rings (SSSR count). The molecule has 2 aromatic carbocycles. The topological polar surface area (TPSA) is 86.3 Å². The minimum Gasteiger partial charge on any atom is -0.497 e. The van der Waals surface area contributed by atoms with Crippen molar-refractivity contribution in [2.45, 2.75) is 12.3 Å². The summed E-state index contributed by atoms with van der Waals surface area (Å²) in [6.07, 6.45) is 0.717. The molecule has 2 atom stereocenters. The van der Waals surface area contributed by atoms with E-state index in [1.165, 1.54) is 0 Å². The van der Waals surface area contributed by atoms with Gasteiger partial charge in [0, 0.05) is 50.4 Å². The average Bonchev–Trinajstić information content (AvgIpc) is 3.31. The normalized spacial score (nSPS) is 17.5. The maximum atomic E-state index is 13.3. The molecule has 0 aliphatic carbocycles. The lowest BCUT2D eigenvalue weighted by Crippen LogP contribution is -2.36. The summed E-state index contributed by atoms with van der Waals surface area (Å²) < 4.78 is 21.3. The lowest BCUT2D eigenvalue weighted by Gasteiger charge is -2.21. The van der Waals surface area contributed by atoms with Gasteiger partial charge in [-0.2, -0.15) is 0 Å². The van der Waals surface area contributed by atoms with Gasteiger partial charge in [-0.05, 0) is 42.8 Å². The van der Waals surface area contributed by atoms with Crippen LogP contribution >= 0.6 is 0 Å². The van der Waals surface area contributed by atoms with Crippen LogP contribution < -0.4 is 19.5 Å². The first-order chi connectivity index (χ1) is 16.0. The Morgan fingerprint density at radius 1 is 0.970 bits per heavy atom. The van der Waals surface area contributed by atoms with Crippen LogP contribution in [0.2, 0.25) is 0 Å². The first-order valence-corrected chi connectivity index (χ1v) is 10.9. The van der Waals surface area contributed by atoms with Crippen molar-refractivity contribution in [2.24, 2.45) is 5.92 Å². The highest BCUT2D eigenvalue weighted by Gasteiger charge is 2.42. The van der Waals surface area contributed by atoms with E-state index in [1.54, 1.807) is 57.6 Å². The molecule has 1 heterocycles. The molecule has 178 valence electrons. The first kappa shape index (κ1) is 24.4. The number of rotatable bonds is 10. The molecule has 8 heteroatoms. The molecule has 0 radical (unpaired) electrons. The third-order valence-electron chi connectivity index (χ3n) is 5.92. The van der Waals surface area contributed by atoms with E-state index in [-0.39, 0.29) is 17.7 Å². The summed E-state index contributed by atoms with van der Waals surface area (Å²) in [5.74, 6) is 1.03. The van der Waals surface area contributed by atoms with E-state index in [4.69, 9.17) is 18.9 Å². The molecule has 1 N–H and O–H groups in total. The largest absolute Gasteiger partial charge is 0.497 e. The Morgan fingerprint density at radius 3 is 2.42 bits per heavy atom. The van der Waals surface area contributed by atoms with Crippen LogP contribution in [-0.2, 0) is 9.53 Å². The van der Waals surface area contributed by atoms with Gasteiger partial charge in [-0.3, -0.25) is 9.59 Å². The van der Waals surface area contributed by atoms with Crippen LogP contribution in [0.15, 0.2) is 42.5 Å².